The Bertz CT molecular complexity index is 584. The van der Waals surface area contributed by atoms with Gasteiger partial charge in [0.05, 0.1) is 11.4 Å². The Balaban J connectivity index is 1.88. The van der Waals surface area contributed by atoms with E-state index in [0.29, 0.717) is 17.0 Å². The number of nitrogens with two attached hydrogens (primary N) is 1. The Morgan fingerprint density at radius 3 is 2.95 bits per heavy atom. The zero-order valence-electron chi connectivity index (χ0n) is 11.9. The van der Waals surface area contributed by atoms with Gasteiger partial charge in [0.2, 0.25) is 0 Å². The monoisotopic (exact) mass is 305 g/mol. The lowest BCUT2D eigenvalue weighted by atomic mass is 9.84. The van der Waals surface area contributed by atoms with E-state index in [2.05, 4.69) is 15.4 Å². The molecule has 3 rings (SSSR count). The lowest BCUT2D eigenvalue weighted by molar-refractivity contribution is 0.332. The Morgan fingerprint density at radius 2 is 2.19 bits per heavy atom. The molecule has 1 fully saturated rings. The third kappa shape index (κ3) is 3.19. The van der Waals surface area contributed by atoms with E-state index in [9.17, 15) is 0 Å². The first-order valence-electron chi connectivity index (χ1n) is 7.39. The topological polar surface area (TPSA) is 68.8 Å². The summed E-state index contributed by atoms with van der Waals surface area (Å²) in [7, 11) is 0. The molecule has 21 heavy (non-hydrogen) atoms. The molecule has 1 aliphatic rings. The van der Waals surface area contributed by atoms with Gasteiger partial charge in [0.25, 0.3) is 0 Å². The van der Waals surface area contributed by atoms with Gasteiger partial charge in [-0.25, -0.2) is 9.67 Å². The van der Waals surface area contributed by atoms with Crippen LogP contribution < -0.4 is 11.1 Å². The third-order valence-electron chi connectivity index (χ3n) is 4.18. The van der Waals surface area contributed by atoms with Crippen molar-refractivity contribution in [2.75, 3.05) is 11.9 Å². The van der Waals surface area contributed by atoms with Crippen LogP contribution in [0, 0.1) is 5.92 Å². The number of rotatable bonds is 4. The molecular weight excluding hydrogens is 286 g/mol. The van der Waals surface area contributed by atoms with E-state index in [1.165, 1.54) is 25.6 Å². The highest BCUT2D eigenvalue weighted by atomic mass is 35.5. The van der Waals surface area contributed by atoms with Gasteiger partial charge in [-0.05, 0) is 43.5 Å². The van der Waals surface area contributed by atoms with Gasteiger partial charge in [0, 0.05) is 11.1 Å². The second-order valence-electron chi connectivity index (χ2n) is 5.53. The molecule has 3 N–H and O–H groups in total. The van der Waals surface area contributed by atoms with Crippen molar-refractivity contribution in [2.24, 2.45) is 11.7 Å². The summed E-state index contributed by atoms with van der Waals surface area (Å²) < 4.78 is 1.75. The fourth-order valence-electron chi connectivity index (χ4n) is 3.04. The highest BCUT2D eigenvalue weighted by Crippen LogP contribution is 2.30. The van der Waals surface area contributed by atoms with Crippen molar-refractivity contribution in [3.63, 3.8) is 0 Å². The van der Waals surface area contributed by atoms with Crippen molar-refractivity contribution >= 4 is 17.3 Å². The maximum absolute atomic E-state index is 6.16. The highest BCUT2D eigenvalue weighted by molar-refractivity contribution is 6.31. The smallest absolute Gasteiger partial charge is 0.138 e. The van der Waals surface area contributed by atoms with E-state index >= 15 is 0 Å². The fourth-order valence-corrected chi connectivity index (χ4v) is 3.21. The molecule has 112 valence electrons. The number of aromatic nitrogens is 3. The summed E-state index contributed by atoms with van der Waals surface area (Å²) in [5.41, 5.74) is 7.86. The van der Waals surface area contributed by atoms with E-state index in [1.807, 2.05) is 18.2 Å². The molecule has 1 aromatic carbocycles. The van der Waals surface area contributed by atoms with Crippen LogP contribution >= 0.6 is 11.6 Å². The zero-order valence-corrected chi connectivity index (χ0v) is 12.6. The summed E-state index contributed by atoms with van der Waals surface area (Å²) in [6.07, 6.45) is 8.06. The number of hydrogen-bond acceptors (Lipinski definition) is 4. The van der Waals surface area contributed by atoms with Gasteiger partial charge in [-0.2, -0.15) is 5.10 Å². The van der Waals surface area contributed by atoms with Crippen molar-refractivity contribution < 1.29 is 0 Å². The number of halogens is 1. The van der Waals surface area contributed by atoms with Crippen LogP contribution in [0.4, 0.5) is 5.69 Å². The summed E-state index contributed by atoms with van der Waals surface area (Å²) in [5, 5.41) is 8.54. The second-order valence-corrected chi connectivity index (χ2v) is 5.97. The summed E-state index contributed by atoms with van der Waals surface area (Å²) in [6, 6.07) is 6.16. The standard InChI is InChI=1S/C15H20ClN5/c16-12-5-6-15(21-10-18-9-19-21)14(7-12)20-13-4-2-1-3-11(13)8-17/h5-7,9-11,13,20H,1-4,8,17H2. The van der Waals surface area contributed by atoms with Crippen LogP contribution in [0.2, 0.25) is 5.02 Å². The number of hydrogen-bond donors (Lipinski definition) is 2. The Hall–Kier alpha value is -1.59. The van der Waals surface area contributed by atoms with Crippen LogP contribution in [0.5, 0.6) is 0 Å². The SMILES string of the molecule is NCC1CCCCC1Nc1cc(Cl)ccc1-n1cncn1. The summed E-state index contributed by atoms with van der Waals surface area (Å²) in [5.74, 6) is 0.515. The first kappa shape index (κ1) is 14.4. The summed E-state index contributed by atoms with van der Waals surface area (Å²) in [6.45, 7) is 0.719. The minimum absolute atomic E-state index is 0.393. The molecule has 6 heteroatoms. The third-order valence-corrected chi connectivity index (χ3v) is 4.41. The van der Waals surface area contributed by atoms with Crippen LogP contribution in [0.1, 0.15) is 25.7 Å². The summed E-state index contributed by atoms with van der Waals surface area (Å²) >= 11 is 6.16. The molecule has 1 aromatic heterocycles. The maximum atomic E-state index is 6.16. The normalized spacial score (nSPS) is 22.2. The van der Waals surface area contributed by atoms with E-state index in [4.69, 9.17) is 17.3 Å². The van der Waals surface area contributed by atoms with Gasteiger partial charge in [-0.1, -0.05) is 24.4 Å². The van der Waals surface area contributed by atoms with Gasteiger partial charge in [-0.15, -0.1) is 0 Å². The Labute approximate surface area is 129 Å². The van der Waals surface area contributed by atoms with Crippen molar-refractivity contribution in [1.29, 1.82) is 0 Å². The van der Waals surface area contributed by atoms with Crippen molar-refractivity contribution in [1.82, 2.24) is 14.8 Å². The van der Waals surface area contributed by atoms with Crippen LogP contribution in [0.25, 0.3) is 5.69 Å². The van der Waals surface area contributed by atoms with Crippen molar-refractivity contribution in [2.45, 2.75) is 31.7 Å². The predicted molar refractivity (Wildman–Crippen MR) is 84.8 cm³/mol. The van der Waals surface area contributed by atoms with E-state index in [1.54, 1.807) is 11.0 Å². The largest absolute Gasteiger partial charge is 0.380 e. The van der Waals surface area contributed by atoms with Crippen LogP contribution in [-0.2, 0) is 0 Å². The van der Waals surface area contributed by atoms with Gasteiger partial charge >= 0.3 is 0 Å². The Morgan fingerprint density at radius 1 is 1.33 bits per heavy atom. The lowest BCUT2D eigenvalue weighted by Crippen LogP contribution is -2.37. The molecule has 1 heterocycles. The number of nitrogens with zero attached hydrogens (tertiary/aromatic N) is 3. The second kappa shape index (κ2) is 6.45. The van der Waals surface area contributed by atoms with Crippen LogP contribution in [0.15, 0.2) is 30.9 Å². The van der Waals surface area contributed by atoms with Gasteiger partial charge < -0.3 is 11.1 Å². The van der Waals surface area contributed by atoms with Crippen molar-refractivity contribution in [3.05, 3.63) is 35.9 Å². The van der Waals surface area contributed by atoms with Crippen molar-refractivity contribution in [3.8, 4) is 5.69 Å². The molecule has 0 saturated heterocycles. The first-order valence-corrected chi connectivity index (χ1v) is 7.77. The maximum Gasteiger partial charge on any atom is 0.138 e. The van der Waals surface area contributed by atoms with E-state index in [-0.39, 0.29) is 0 Å². The lowest BCUT2D eigenvalue weighted by Gasteiger charge is -2.32. The molecule has 0 bridgehead atoms. The minimum Gasteiger partial charge on any atom is -0.380 e. The van der Waals surface area contributed by atoms with E-state index < -0.39 is 0 Å². The molecule has 1 aliphatic carbocycles. The van der Waals surface area contributed by atoms with Crippen LogP contribution in [-0.4, -0.2) is 27.4 Å². The van der Waals surface area contributed by atoms with E-state index in [0.717, 1.165) is 24.3 Å². The molecule has 0 aliphatic heterocycles. The molecule has 2 atom stereocenters. The molecule has 0 spiro atoms. The zero-order chi connectivity index (χ0) is 14.7. The van der Waals surface area contributed by atoms with Gasteiger partial charge in [-0.3, -0.25) is 0 Å². The minimum atomic E-state index is 0.393. The fraction of sp³-hybridized carbons (Fsp3) is 0.467. The average Bonchev–Trinajstić information content (AvgIpc) is 3.02. The van der Waals surface area contributed by atoms with Crippen LogP contribution in [0.3, 0.4) is 0 Å². The first-order chi connectivity index (χ1) is 10.3. The number of anilines is 1. The molecule has 0 radical (unpaired) electrons. The molecular formula is C15H20ClN5. The number of nitrogens with one attached hydrogen (secondary N) is 1. The molecule has 2 aromatic rings. The molecule has 5 nitrogen and oxygen atoms in total. The Kier molecular flexibility index (Phi) is 4.41. The highest BCUT2D eigenvalue weighted by Gasteiger charge is 2.24. The molecule has 2 unspecified atom stereocenters. The average molecular weight is 306 g/mol. The molecule has 0 amide bonds. The summed E-state index contributed by atoms with van der Waals surface area (Å²) in [4.78, 5) is 4.01. The number of benzene rings is 1. The van der Waals surface area contributed by atoms with Gasteiger partial charge in [0.1, 0.15) is 12.7 Å². The quantitative estimate of drug-likeness (QED) is 0.911. The van der Waals surface area contributed by atoms with Gasteiger partial charge in [0.15, 0.2) is 0 Å². The predicted octanol–water partition coefficient (Wildman–Crippen LogP) is 2.85. The molecule has 1 saturated carbocycles.